The van der Waals surface area contributed by atoms with Gasteiger partial charge in [0, 0.05) is 25.7 Å². The molecule has 1 aliphatic heterocycles. The standard InChI is InChI=1S/C16H30N2O2/c1-3-17-13-7-9-14(10-8-13)18(2)16(19)12-15-6-4-5-11-20-15/h13-15,17H,3-12H2,1-2H3. The van der Waals surface area contributed by atoms with E-state index in [1.807, 2.05) is 11.9 Å². The van der Waals surface area contributed by atoms with Crippen molar-refractivity contribution in [1.82, 2.24) is 10.2 Å². The van der Waals surface area contributed by atoms with Crippen LogP contribution in [0.2, 0.25) is 0 Å². The van der Waals surface area contributed by atoms with Crippen LogP contribution < -0.4 is 5.32 Å². The van der Waals surface area contributed by atoms with Gasteiger partial charge in [0.25, 0.3) is 0 Å². The van der Waals surface area contributed by atoms with E-state index in [1.165, 1.54) is 19.3 Å². The van der Waals surface area contributed by atoms with Gasteiger partial charge in [-0.05, 0) is 51.5 Å². The summed E-state index contributed by atoms with van der Waals surface area (Å²) in [5, 5.41) is 3.52. The summed E-state index contributed by atoms with van der Waals surface area (Å²) in [7, 11) is 1.98. The number of hydrogen-bond acceptors (Lipinski definition) is 3. The van der Waals surface area contributed by atoms with Crippen molar-refractivity contribution >= 4 is 5.91 Å². The molecular formula is C16H30N2O2. The fraction of sp³-hybridized carbons (Fsp3) is 0.938. The van der Waals surface area contributed by atoms with Crippen LogP contribution in [0.25, 0.3) is 0 Å². The Balaban J connectivity index is 1.73. The van der Waals surface area contributed by atoms with E-state index >= 15 is 0 Å². The maximum Gasteiger partial charge on any atom is 0.225 e. The summed E-state index contributed by atoms with van der Waals surface area (Å²) in [6.45, 7) is 4.03. The summed E-state index contributed by atoms with van der Waals surface area (Å²) in [6.07, 6.45) is 8.78. The molecule has 2 rings (SSSR count). The average Bonchev–Trinajstić information content (AvgIpc) is 2.48. The van der Waals surface area contributed by atoms with Crippen molar-refractivity contribution in [3.63, 3.8) is 0 Å². The van der Waals surface area contributed by atoms with Crippen molar-refractivity contribution in [2.45, 2.75) is 76.5 Å². The molecule has 4 heteroatoms. The highest BCUT2D eigenvalue weighted by Gasteiger charge is 2.27. The highest BCUT2D eigenvalue weighted by Crippen LogP contribution is 2.24. The number of nitrogens with one attached hydrogen (secondary N) is 1. The van der Waals surface area contributed by atoms with Gasteiger partial charge in [0.15, 0.2) is 0 Å². The van der Waals surface area contributed by atoms with Gasteiger partial charge >= 0.3 is 0 Å². The quantitative estimate of drug-likeness (QED) is 0.841. The average molecular weight is 282 g/mol. The summed E-state index contributed by atoms with van der Waals surface area (Å²) in [6, 6.07) is 1.09. The lowest BCUT2D eigenvalue weighted by Crippen LogP contribution is -2.44. The molecule has 116 valence electrons. The van der Waals surface area contributed by atoms with E-state index < -0.39 is 0 Å². The highest BCUT2D eigenvalue weighted by atomic mass is 16.5. The molecule has 1 heterocycles. The van der Waals surface area contributed by atoms with Gasteiger partial charge in [0.05, 0.1) is 12.5 Å². The maximum absolute atomic E-state index is 12.3. The van der Waals surface area contributed by atoms with Gasteiger partial charge in [-0.25, -0.2) is 0 Å². The predicted octanol–water partition coefficient (Wildman–Crippen LogP) is 2.32. The molecule has 1 saturated carbocycles. The molecule has 2 aliphatic rings. The van der Waals surface area contributed by atoms with Crippen LogP contribution >= 0.6 is 0 Å². The molecule has 1 aliphatic carbocycles. The molecular weight excluding hydrogens is 252 g/mol. The van der Waals surface area contributed by atoms with E-state index in [-0.39, 0.29) is 12.0 Å². The molecule has 4 nitrogen and oxygen atoms in total. The minimum atomic E-state index is 0.164. The first-order valence-corrected chi connectivity index (χ1v) is 8.31. The molecule has 0 spiro atoms. The van der Waals surface area contributed by atoms with Crippen molar-refractivity contribution in [1.29, 1.82) is 0 Å². The Labute approximate surface area is 123 Å². The number of amides is 1. The molecule has 2 fully saturated rings. The van der Waals surface area contributed by atoms with Gasteiger partial charge in [0.1, 0.15) is 0 Å². The van der Waals surface area contributed by atoms with E-state index in [0.29, 0.717) is 18.5 Å². The molecule has 0 aromatic rings. The first-order valence-electron chi connectivity index (χ1n) is 8.31. The van der Waals surface area contributed by atoms with Crippen molar-refractivity contribution in [3.8, 4) is 0 Å². The number of carbonyl (C=O) groups is 1. The fourth-order valence-electron chi connectivity index (χ4n) is 3.47. The van der Waals surface area contributed by atoms with Gasteiger partial charge in [-0.3, -0.25) is 4.79 Å². The molecule has 20 heavy (non-hydrogen) atoms. The number of rotatable bonds is 5. The van der Waals surface area contributed by atoms with E-state index in [4.69, 9.17) is 4.74 Å². The Morgan fingerprint density at radius 3 is 2.55 bits per heavy atom. The topological polar surface area (TPSA) is 41.6 Å². The fourth-order valence-corrected chi connectivity index (χ4v) is 3.47. The van der Waals surface area contributed by atoms with Gasteiger partial charge in [-0.15, -0.1) is 0 Å². The van der Waals surface area contributed by atoms with E-state index in [0.717, 1.165) is 38.8 Å². The minimum Gasteiger partial charge on any atom is -0.378 e. The van der Waals surface area contributed by atoms with Crippen LogP contribution in [-0.4, -0.2) is 49.2 Å². The second-order valence-corrected chi connectivity index (χ2v) is 6.26. The summed E-state index contributed by atoms with van der Waals surface area (Å²) in [5.41, 5.74) is 0. The maximum atomic E-state index is 12.3. The zero-order valence-electron chi connectivity index (χ0n) is 13.1. The predicted molar refractivity (Wildman–Crippen MR) is 80.7 cm³/mol. The van der Waals surface area contributed by atoms with Gasteiger partial charge in [-0.1, -0.05) is 6.92 Å². The van der Waals surface area contributed by atoms with Crippen LogP contribution in [0.5, 0.6) is 0 Å². The van der Waals surface area contributed by atoms with Crippen molar-refractivity contribution in [2.75, 3.05) is 20.2 Å². The smallest absolute Gasteiger partial charge is 0.225 e. The molecule has 1 atom stereocenters. The van der Waals surface area contributed by atoms with Crippen LogP contribution in [0.3, 0.4) is 0 Å². The molecule has 1 N–H and O–H groups in total. The molecule has 0 radical (unpaired) electrons. The van der Waals surface area contributed by atoms with E-state index in [2.05, 4.69) is 12.2 Å². The van der Waals surface area contributed by atoms with Crippen molar-refractivity contribution in [3.05, 3.63) is 0 Å². The molecule has 1 amide bonds. The second-order valence-electron chi connectivity index (χ2n) is 6.26. The number of hydrogen-bond donors (Lipinski definition) is 1. The van der Waals surface area contributed by atoms with Gasteiger partial charge in [-0.2, -0.15) is 0 Å². The van der Waals surface area contributed by atoms with E-state index in [9.17, 15) is 4.79 Å². The zero-order valence-corrected chi connectivity index (χ0v) is 13.1. The highest BCUT2D eigenvalue weighted by molar-refractivity contribution is 5.76. The third-order valence-corrected chi connectivity index (χ3v) is 4.81. The summed E-state index contributed by atoms with van der Waals surface area (Å²) >= 11 is 0. The number of nitrogens with zero attached hydrogens (tertiary/aromatic N) is 1. The van der Waals surface area contributed by atoms with Gasteiger partial charge in [0.2, 0.25) is 5.91 Å². The van der Waals surface area contributed by atoms with Crippen LogP contribution in [0.4, 0.5) is 0 Å². The normalized spacial score (nSPS) is 31.0. The Morgan fingerprint density at radius 1 is 1.20 bits per heavy atom. The molecule has 1 saturated heterocycles. The molecule has 1 unspecified atom stereocenters. The third-order valence-electron chi connectivity index (χ3n) is 4.81. The first-order chi connectivity index (χ1) is 9.70. The van der Waals surface area contributed by atoms with Crippen LogP contribution in [-0.2, 0) is 9.53 Å². The summed E-state index contributed by atoms with van der Waals surface area (Å²) in [5.74, 6) is 0.267. The molecule has 0 aromatic heterocycles. The zero-order chi connectivity index (χ0) is 14.4. The Kier molecular flexibility index (Phi) is 6.30. The number of ether oxygens (including phenoxy) is 1. The first kappa shape index (κ1) is 15.8. The Morgan fingerprint density at radius 2 is 1.95 bits per heavy atom. The largest absolute Gasteiger partial charge is 0.378 e. The monoisotopic (exact) mass is 282 g/mol. The van der Waals surface area contributed by atoms with Crippen LogP contribution in [0, 0.1) is 0 Å². The summed E-state index contributed by atoms with van der Waals surface area (Å²) in [4.78, 5) is 14.3. The van der Waals surface area contributed by atoms with Gasteiger partial charge < -0.3 is 15.0 Å². The SMILES string of the molecule is CCNC1CCC(N(C)C(=O)CC2CCCCO2)CC1. The molecule has 0 aromatic carbocycles. The lowest BCUT2D eigenvalue weighted by atomic mass is 9.90. The Bertz CT molecular complexity index is 295. The lowest BCUT2D eigenvalue weighted by molar-refractivity contribution is -0.136. The van der Waals surface area contributed by atoms with Crippen LogP contribution in [0.15, 0.2) is 0 Å². The number of carbonyl (C=O) groups excluding carboxylic acids is 1. The summed E-state index contributed by atoms with van der Waals surface area (Å²) < 4.78 is 5.68. The Hall–Kier alpha value is -0.610. The molecule has 0 bridgehead atoms. The van der Waals surface area contributed by atoms with E-state index in [1.54, 1.807) is 0 Å². The third kappa shape index (κ3) is 4.45. The minimum absolute atomic E-state index is 0.164. The van der Waals surface area contributed by atoms with Crippen LogP contribution in [0.1, 0.15) is 58.3 Å². The van der Waals surface area contributed by atoms with Crippen molar-refractivity contribution < 1.29 is 9.53 Å². The van der Waals surface area contributed by atoms with Crippen molar-refractivity contribution in [2.24, 2.45) is 0 Å². The second kappa shape index (κ2) is 7.99. The lowest BCUT2D eigenvalue weighted by Gasteiger charge is -2.35.